The summed E-state index contributed by atoms with van der Waals surface area (Å²) in [7, 11) is 0. The first-order chi connectivity index (χ1) is 4.31. The van der Waals surface area contributed by atoms with Crippen molar-refractivity contribution >= 4 is 0 Å². The Bertz CT molecular complexity index is 94.7. The van der Waals surface area contributed by atoms with Crippen LogP contribution in [0.1, 0.15) is 19.8 Å². The second kappa shape index (κ2) is 5.57. The molecule has 0 heterocycles. The second-order valence-corrected chi connectivity index (χ2v) is 2.07. The highest BCUT2D eigenvalue weighted by atomic mass is 14.6. The van der Waals surface area contributed by atoms with E-state index in [9.17, 15) is 0 Å². The van der Waals surface area contributed by atoms with Gasteiger partial charge in [-0.15, -0.1) is 0 Å². The molecule has 0 rings (SSSR count). The van der Waals surface area contributed by atoms with E-state index < -0.39 is 0 Å². The number of hydrogen-bond acceptors (Lipinski definition) is 1. The molecule has 0 spiro atoms. The molecule has 0 aliphatic heterocycles. The predicted octanol–water partition coefficient (Wildman–Crippen LogP) is 1.86. The van der Waals surface area contributed by atoms with Crippen LogP contribution in [0.15, 0.2) is 24.8 Å². The average molecular weight is 125 g/mol. The summed E-state index contributed by atoms with van der Waals surface area (Å²) in [4.78, 5) is 0. The lowest BCUT2D eigenvalue weighted by atomic mass is 10.1. The zero-order valence-electron chi connectivity index (χ0n) is 6.01. The first-order valence-electron chi connectivity index (χ1n) is 3.34. The molecule has 0 saturated carbocycles. The van der Waals surface area contributed by atoms with E-state index in [0.717, 1.165) is 12.8 Å². The highest BCUT2D eigenvalue weighted by Gasteiger charge is 1.91. The Kier molecular flexibility index (Phi) is 5.23. The van der Waals surface area contributed by atoms with Crippen molar-refractivity contribution in [1.82, 2.24) is 0 Å². The lowest BCUT2D eigenvalue weighted by Gasteiger charge is -2.01. The van der Waals surface area contributed by atoms with E-state index in [0.29, 0.717) is 6.04 Å². The van der Waals surface area contributed by atoms with Gasteiger partial charge in [0, 0.05) is 6.04 Å². The van der Waals surface area contributed by atoms with E-state index in [-0.39, 0.29) is 0 Å². The van der Waals surface area contributed by atoms with E-state index in [1.165, 1.54) is 0 Å². The molecule has 2 N–H and O–H groups in total. The number of nitrogens with two attached hydrogens (primary N) is 1. The summed E-state index contributed by atoms with van der Waals surface area (Å²) < 4.78 is 0. The van der Waals surface area contributed by atoms with Crippen LogP contribution in [0.3, 0.4) is 0 Å². The van der Waals surface area contributed by atoms with Crippen LogP contribution in [0.5, 0.6) is 0 Å². The molecule has 1 unspecified atom stereocenters. The van der Waals surface area contributed by atoms with E-state index in [4.69, 9.17) is 5.73 Å². The Morgan fingerprint density at radius 3 is 2.78 bits per heavy atom. The zero-order chi connectivity index (χ0) is 7.11. The smallest absolute Gasteiger partial charge is 0.00708 e. The SMILES string of the molecule is C=C/C=C\CC(N)CC. The summed E-state index contributed by atoms with van der Waals surface area (Å²) in [6.07, 6.45) is 7.74. The van der Waals surface area contributed by atoms with Crippen LogP contribution in [0.25, 0.3) is 0 Å². The first kappa shape index (κ1) is 8.44. The number of hydrogen-bond donors (Lipinski definition) is 1. The van der Waals surface area contributed by atoms with Gasteiger partial charge in [-0.25, -0.2) is 0 Å². The Balaban J connectivity index is 3.25. The molecule has 1 atom stereocenters. The molecule has 1 nitrogen and oxygen atoms in total. The molecule has 0 aliphatic carbocycles. The quantitative estimate of drug-likeness (QED) is 0.570. The fourth-order valence-corrected chi connectivity index (χ4v) is 0.516. The van der Waals surface area contributed by atoms with Crippen molar-refractivity contribution in [3.8, 4) is 0 Å². The number of rotatable bonds is 4. The topological polar surface area (TPSA) is 26.0 Å². The van der Waals surface area contributed by atoms with Crippen molar-refractivity contribution < 1.29 is 0 Å². The Labute approximate surface area is 57.3 Å². The molecule has 9 heavy (non-hydrogen) atoms. The largest absolute Gasteiger partial charge is 0.327 e. The van der Waals surface area contributed by atoms with Crippen molar-refractivity contribution in [2.45, 2.75) is 25.8 Å². The third kappa shape index (κ3) is 5.31. The van der Waals surface area contributed by atoms with Gasteiger partial charge in [0.2, 0.25) is 0 Å². The van der Waals surface area contributed by atoms with Gasteiger partial charge in [0.05, 0.1) is 0 Å². The molecule has 0 radical (unpaired) electrons. The average Bonchev–Trinajstić information content (AvgIpc) is 1.89. The monoisotopic (exact) mass is 125 g/mol. The zero-order valence-corrected chi connectivity index (χ0v) is 6.01. The molecule has 0 amide bonds. The molecule has 52 valence electrons. The van der Waals surface area contributed by atoms with E-state index in [2.05, 4.69) is 13.5 Å². The highest BCUT2D eigenvalue weighted by Crippen LogP contribution is 1.93. The van der Waals surface area contributed by atoms with E-state index in [1.807, 2.05) is 12.2 Å². The van der Waals surface area contributed by atoms with Gasteiger partial charge >= 0.3 is 0 Å². The standard InChI is InChI=1S/C8H15N/c1-3-5-6-7-8(9)4-2/h3,5-6,8H,1,4,7,9H2,2H3/b6-5-. The normalized spacial score (nSPS) is 14.0. The molecule has 0 aliphatic rings. The molecule has 0 fully saturated rings. The van der Waals surface area contributed by atoms with Crippen LogP contribution < -0.4 is 5.73 Å². The summed E-state index contributed by atoms with van der Waals surface area (Å²) >= 11 is 0. The Hall–Kier alpha value is -0.560. The molecular formula is C8H15N. The van der Waals surface area contributed by atoms with Crippen LogP contribution in [0.4, 0.5) is 0 Å². The van der Waals surface area contributed by atoms with Crippen molar-refractivity contribution in [3.63, 3.8) is 0 Å². The van der Waals surface area contributed by atoms with Crippen molar-refractivity contribution in [2.24, 2.45) is 5.73 Å². The number of allylic oxidation sites excluding steroid dienone is 2. The minimum atomic E-state index is 0.321. The molecule has 0 aromatic rings. The van der Waals surface area contributed by atoms with Crippen molar-refractivity contribution in [3.05, 3.63) is 24.8 Å². The molecule has 0 saturated heterocycles. The van der Waals surface area contributed by atoms with Gasteiger partial charge in [-0.2, -0.15) is 0 Å². The van der Waals surface area contributed by atoms with E-state index in [1.54, 1.807) is 6.08 Å². The third-order valence-electron chi connectivity index (χ3n) is 1.24. The summed E-state index contributed by atoms with van der Waals surface area (Å²) in [6, 6.07) is 0.321. The van der Waals surface area contributed by atoms with Gasteiger partial charge in [-0.05, 0) is 12.8 Å². The third-order valence-corrected chi connectivity index (χ3v) is 1.24. The fourth-order valence-electron chi connectivity index (χ4n) is 0.516. The maximum Gasteiger partial charge on any atom is 0.00708 e. The molecular weight excluding hydrogens is 110 g/mol. The van der Waals surface area contributed by atoms with Gasteiger partial charge in [0.1, 0.15) is 0 Å². The molecule has 0 bridgehead atoms. The predicted molar refractivity (Wildman–Crippen MR) is 42.2 cm³/mol. The summed E-state index contributed by atoms with van der Waals surface area (Å²) in [5.74, 6) is 0. The van der Waals surface area contributed by atoms with Gasteiger partial charge in [-0.3, -0.25) is 0 Å². The van der Waals surface area contributed by atoms with Gasteiger partial charge < -0.3 is 5.73 Å². The second-order valence-electron chi connectivity index (χ2n) is 2.07. The van der Waals surface area contributed by atoms with Crippen LogP contribution in [-0.2, 0) is 0 Å². The minimum absolute atomic E-state index is 0.321. The lowest BCUT2D eigenvalue weighted by Crippen LogP contribution is -2.16. The van der Waals surface area contributed by atoms with Gasteiger partial charge in [-0.1, -0.05) is 31.7 Å². The molecule has 1 heteroatoms. The van der Waals surface area contributed by atoms with Crippen LogP contribution in [0, 0.1) is 0 Å². The summed E-state index contributed by atoms with van der Waals surface area (Å²) in [5, 5.41) is 0. The maximum atomic E-state index is 5.63. The van der Waals surface area contributed by atoms with E-state index >= 15 is 0 Å². The molecule has 0 aromatic carbocycles. The fraction of sp³-hybridized carbons (Fsp3) is 0.500. The lowest BCUT2D eigenvalue weighted by molar-refractivity contribution is 0.659. The Morgan fingerprint density at radius 1 is 1.67 bits per heavy atom. The summed E-state index contributed by atoms with van der Waals surface area (Å²) in [5.41, 5.74) is 5.63. The minimum Gasteiger partial charge on any atom is -0.327 e. The van der Waals surface area contributed by atoms with Crippen LogP contribution in [-0.4, -0.2) is 6.04 Å². The first-order valence-corrected chi connectivity index (χ1v) is 3.34. The van der Waals surface area contributed by atoms with Crippen molar-refractivity contribution in [2.75, 3.05) is 0 Å². The maximum absolute atomic E-state index is 5.63. The summed E-state index contributed by atoms with van der Waals surface area (Å²) in [6.45, 7) is 5.65. The van der Waals surface area contributed by atoms with Crippen LogP contribution in [0.2, 0.25) is 0 Å². The Morgan fingerprint density at radius 2 is 2.33 bits per heavy atom. The van der Waals surface area contributed by atoms with Crippen LogP contribution >= 0.6 is 0 Å². The highest BCUT2D eigenvalue weighted by molar-refractivity contribution is 4.98. The van der Waals surface area contributed by atoms with Gasteiger partial charge in [0.15, 0.2) is 0 Å². The van der Waals surface area contributed by atoms with Crippen molar-refractivity contribution in [1.29, 1.82) is 0 Å². The van der Waals surface area contributed by atoms with Gasteiger partial charge in [0.25, 0.3) is 0 Å². The molecule has 0 aromatic heterocycles.